The number of furan rings is 1. The largest absolute Gasteiger partial charge is 0.455 e. The smallest absolute Gasteiger partial charge is 0.145 e. The van der Waals surface area contributed by atoms with E-state index in [1.807, 2.05) is 0 Å². The molecule has 0 saturated heterocycles. The van der Waals surface area contributed by atoms with Gasteiger partial charge in [-0.2, -0.15) is 0 Å². The summed E-state index contributed by atoms with van der Waals surface area (Å²) in [6.07, 6.45) is 0. The van der Waals surface area contributed by atoms with Crippen LogP contribution in [0.4, 0.5) is 34.1 Å². The van der Waals surface area contributed by atoms with Crippen molar-refractivity contribution in [1.82, 2.24) is 0 Å². The lowest BCUT2D eigenvalue weighted by atomic mass is 9.69. The molecule has 444 valence electrons. The van der Waals surface area contributed by atoms with Crippen molar-refractivity contribution in [3.8, 4) is 44.5 Å². The number of benzene rings is 13. The third-order valence-electron chi connectivity index (χ3n) is 21.8. The van der Waals surface area contributed by atoms with Crippen LogP contribution in [0.3, 0.4) is 0 Å². The van der Waals surface area contributed by atoms with E-state index in [1.54, 1.807) is 0 Å². The molecule has 0 aliphatic heterocycles. The Morgan fingerprint density at radius 2 is 0.717 bits per heavy atom. The molecule has 0 saturated carbocycles. The van der Waals surface area contributed by atoms with Gasteiger partial charge in [0.05, 0.1) is 16.5 Å². The van der Waals surface area contributed by atoms with Gasteiger partial charge in [-0.05, 0) is 200 Å². The predicted molar refractivity (Wildman–Crippen MR) is 387 cm³/mol. The Labute approximate surface area is 539 Å². The van der Waals surface area contributed by atoms with Gasteiger partial charge in [-0.25, -0.2) is 0 Å². The summed E-state index contributed by atoms with van der Waals surface area (Å²) in [5.74, 6) is 0. The maximum atomic E-state index is 7.68. The van der Waals surface area contributed by atoms with Gasteiger partial charge in [-0.3, -0.25) is 0 Å². The van der Waals surface area contributed by atoms with Crippen LogP contribution in [0.15, 0.2) is 259 Å². The van der Waals surface area contributed by atoms with E-state index in [4.69, 9.17) is 4.42 Å². The SMILES string of the molecule is CC(C)(C)c1ccc(N(c2ccc3c(c2)C(C)(C)c2ccccc2-3)c2ccc3c4c(c5ccccc5c3c2)-c2c(cc(N(c3ccc(C(C)(C)C)cc3)c3ccc5c(c3)C(C)(C)c3ccccc3-5)c3c2oc2ccccc23)C42c3ccccc3-c3ccccc32)cc1. The molecule has 92 heavy (non-hydrogen) atoms. The van der Waals surface area contributed by atoms with Crippen LogP contribution in [0.1, 0.15) is 125 Å². The maximum absolute atomic E-state index is 7.68. The zero-order chi connectivity index (χ0) is 62.5. The molecule has 3 nitrogen and oxygen atoms in total. The fraction of sp³-hybridized carbons (Fsp3) is 0.169. The average molecular weight is 1190 g/mol. The van der Waals surface area contributed by atoms with Gasteiger partial charge >= 0.3 is 0 Å². The Hall–Kier alpha value is -10.2. The first kappa shape index (κ1) is 54.7. The number of fused-ring (bicyclic) bond motifs is 25. The Bertz CT molecular complexity index is 5440. The quantitative estimate of drug-likeness (QED) is 0.155. The van der Waals surface area contributed by atoms with E-state index in [9.17, 15) is 0 Å². The number of hydrogen-bond donors (Lipinski definition) is 0. The second-order valence-electron chi connectivity index (χ2n) is 29.6. The molecule has 14 aromatic rings. The third-order valence-corrected chi connectivity index (χ3v) is 21.8. The Morgan fingerprint density at radius 3 is 1.26 bits per heavy atom. The van der Waals surface area contributed by atoms with Crippen LogP contribution < -0.4 is 9.80 Å². The molecule has 4 aliphatic rings. The fourth-order valence-electron chi connectivity index (χ4n) is 17.3. The van der Waals surface area contributed by atoms with E-state index in [0.29, 0.717) is 0 Å². The summed E-state index contributed by atoms with van der Waals surface area (Å²) in [4.78, 5) is 5.06. The molecule has 0 atom stereocenters. The molecule has 0 unspecified atom stereocenters. The molecular weight excluding hydrogens is 1110 g/mol. The molecule has 1 spiro atoms. The van der Waals surface area contributed by atoms with Crippen LogP contribution in [0.5, 0.6) is 0 Å². The van der Waals surface area contributed by atoms with Crippen molar-refractivity contribution in [2.75, 3.05) is 9.80 Å². The normalized spacial score (nSPS) is 14.9. The second-order valence-corrected chi connectivity index (χ2v) is 29.6. The first-order valence-electron chi connectivity index (χ1n) is 32.9. The monoisotopic (exact) mass is 1180 g/mol. The van der Waals surface area contributed by atoms with Gasteiger partial charge in [0, 0.05) is 50.2 Å². The molecule has 13 aromatic carbocycles. The van der Waals surface area contributed by atoms with Crippen LogP contribution in [-0.2, 0) is 27.1 Å². The van der Waals surface area contributed by atoms with Gasteiger partial charge in [0.1, 0.15) is 11.2 Å². The van der Waals surface area contributed by atoms with Crippen molar-refractivity contribution in [2.24, 2.45) is 0 Å². The van der Waals surface area contributed by atoms with Crippen LogP contribution in [-0.4, -0.2) is 0 Å². The predicted octanol–water partition coefficient (Wildman–Crippen LogP) is 24.4. The number of anilines is 6. The minimum atomic E-state index is -0.782. The van der Waals surface area contributed by atoms with Gasteiger partial charge in [0.2, 0.25) is 0 Å². The molecule has 0 bridgehead atoms. The Balaban J connectivity index is 0.947. The van der Waals surface area contributed by atoms with E-state index in [-0.39, 0.29) is 21.7 Å². The second kappa shape index (κ2) is 18.9. The molecule has 4 aliphatic carbocycles. The molecule has 1 aromatic heterocycles. The van der Waals surface area contributed by atoms with Crippen LogP contribution in [0.2, 0.25) is 0 Å². The van der Waals surface area contributed by atoms with E-state index in [0.717, 1.165) is 61.6 Å². The van der Waals surface area contributed by atoms with E-state index in [2.05, 4.69) is 334 Å². The Kier molecular flexibility index (Phi) is 11.3. The molecular formula is C89H72N2O. The van der Waals surface area contributed by atoms with E-state index < -0.39 is 5.41 Å². The Morgan fingerprint density at radius 1 is 0.304 bits per heavy atom. The van der Waals surface area contributed by atoms with Crippen molar-refractivity contribution in [3.05, 3.63) is 310 Å². The molecule has 0 fully saturated rings. The summed E-state index contributed by atoms with van der Waals surface area (Å²) in [5, 5.41) is 7.02. The molecule has 1 heterocycles. The highest BCUT2D eigenvalue weighted by Crippen LogP contribution is 2.68. The summed E-state index contributed by atoms with van der Waals surface area (Å²) >= 11 is 0. The highest BCUT2D eigenvalue weighted by molar-refractivity contribution is 6.26. The molecule has 0 radical (unpaired) electrons. The highest BCUT2D eigenvalue weighted by atomic mass is 16.3. The van der Waals surface area contributed by atoms with Gasteiger partial charge in [-0.1, -0.05) is 251 Å². The van der Waals surface area contributed by atoms with Crippen molar-refractivity contribution >= 4 is 77.6 Å². The van der Waals surface area contributed by atoms with Crippen molar-refractivity contribution in [1.29, 1.82) is 0 Å². The third kappa shape index (κ3) is 7.39. The molecule has 0 N–H and O–H groups in total. The lowest BCUT2D eigenvalue weighted by molar-refractivity contribution is 0.590. The molecule has 3 heteroatoms. The maximum Gasteiger partial charge on any atom is 0.145 e. The zero-order valence-electron chi connectivity index (χ0n) is 54.1. The lowest BCUT2D eigenvalue weighted by Crippen LogP contribution is -2.26. The minimum Gasteiger partial charge on any atom is -0.455 e. The highest BCUT2D eigenvalue weighted by Gasteiger charge is 2.55. The zero-order valence-corrected chi connectivity index (χ0v) is 54.1. The summed E-state index contributed by atoms with van der Waals surface area (Å²) in [7, 11) is 0. The first-order valence-corrected chi connectivity index (χ1v) is 32.9. The lowest BCUT2D eigenvalue weighted by Gasteiger charge is -2.34. The minimum absolute atomic E-state index is 0.00329. The van der Waals surface area contributed by atoms with Crippen molar-refractivity contribution < 1.29 is 4.42 Å². The van der Waals surface area contributed by atoms with Gasteiger partial charge in [-0.15, -0.1) is 0 Å². The number of hydrogen-bond acceptors (Lipinski definition) is 3. The average Bonchev–Trinajstić information content (AvgIpc) is 1.48. The van der Waals surface area contributed by atoms with Crippen molar-refractivity contribution in [3.63, 3.8) is 0 Å². The van der Waals surface area contributed by atoms with Crippen molar-refractivity contribution in [2.45, 2.75) is 96.3 Å². The summed E-state index contributed by atoms with van der Waals surface area (Å²) in [6, 6.07) is 97.6. The number of rotatable bonds is 6. The van der Waals surface area contributed by atoms with E-state index in [1.165, 1.54) is 116 Å². The van der Waals surface area contributed by atoms with Gasteiger partial charge < -0.3 is 14.2 Å². The number of para-hydroxylation sites is 1. The van der Waals surface area contributed by atoms with Gasteiger partial charge in [0.15, 0.2) is 0 Å². The van der Waals surface area contributed by atoms with Crippen LogP contribution >= 0.6 is 0 Å². The number of nitrogens with zero attached hydrogens (tertiary/aromatic N) is 2. The standard InChI is InChI=1S/C89H72N2O/c1-85(2,3)53-35-39-55(40-36-53)90(58-43-46-65-61-24-13-18-30-71(61)87(7,8)75(65)50-58)57-45-48-68-70(49-57)60-23-11-12-28-67(60)81-82-77(89(83(68)81)73-32-20-15-26-63(73)64-27-16-21-33-74(64)89)52-78(80-69-29-17-22-34-79(69)92-84(80)82)91(56-41-37-54(38-42-56)86(4,5)6)59-44-47-66-62-25-14-19-31-72(62)88(9,10)76(66)51-59/h11-52H,1-10H3. The molecule has 18 rings (SSSR count). The van der Waals surface area contributed by atoms with Crippen LogP contribution in [0, 0.1) is 0 Å². The fourth-order valence-corrected chi connectivity index (χ4v) is 17.3. The first-order chi connectivity index (χ1) is 44.4. The summed E-state index contributed by atoms with van der Waals surface area (Å²) < 4.78 is 7.68. The molecule has 0 amide bonds. The van der Waals surface area contributed by atoms with Gasteiger partial charge in [0.25, 0.3) is 0 Å². The topological polar surface area (TPSA) is 19.6 Å². The van der Waals surface area contributed by atoms with Crippen LogP contribution in [0.25, 0.3) is 88.0 Å². The summed E-state index contributed by atoms with van der Waals surface area (Å²) in [5.41, 5.74) is 30.4. The van der Waals surface area contributed by atoms with E-state index >= 15 is 0 Å². The summed E-state index contributed by atoms with van der Waals surface area (Å²) in [6.45, 7) is 23.4.